The van der Waals surface area contributed by atoms with Crippen LogP contribution in [0.25, 0.3) is 10.9 Å². The summed E-state index contributed by atoms with van der Waals surface area (Å²) >= 11 is 0. The van der Waals surface area contributed by atoms with Gasteiger partial charge in [-0.1, -0.05) is 38.1 Å². The summed E-state index contributed by atoms with van der Waals surface area (Å²) in [4.78, 5) is 4.71. The molecule has 0 radical (unpaired) electrons. The average Bonchev–Trinajstić information content (AvgIpc) is 3.85. The number of benzene rings is 2. The van der Waals surface area contributed by atoms with Gasteiger partial charge < -0.3 is 10.6 Å². The Balaban J connectivity index is 1.49. The van der Waals surface area contributed by atoms with Gasteiger partial charge in [0.2, 0.25) is 0 Å². The standard InChI is InChI=1S/C30H32FN7/c1-30(2,3)17-34-27-20(14-32)15-33-29-24(18-4-5-18)12-22(13-25(27)29)35-28(19-6-8-21(31)9-7-19)26-16-38(37-36-26)23-10-11-23/h6-9,12-13,15-16,18,23,28,35H,4-5,10-11,17H2,1-3H3,(H,33,34)/t28-/m0/s1/i28D. The number of nitrogens with one attached hydrogen (secondary N) is 2. The Labute approximate surface area is 223 Å². The van der Waals surface area contributed by atoms with Crippen molar-refractivity contribution in [3.8, 4) is 6.07 Å². The molecule has 4 aromatic rings. The molecule has 0 amide bonds. The number of hydrogen-bond donors (Lipinski definition) is 2. The molecule has 194 valence electrons. The van der Waals surface area contributed by atoms with Gasteiger partial charge in [0, 0.05) is 23.8 Å². The Morgan fingerprint density at radius 3 is 2.61 bits per heavy atom. The number of fused-ring (bicyclic) bond motifs is 1. The van der Waals surface area contributed by atoms with E-state index in [-0.39, 0.29) is 11.2 Å². The highest BCUT2D eigenvalue weighted by Gasteiger charge is 2.30. The first kappa shape index (κ1) is 23.2. The van der Waals surface area contributed by atoms with Gasteiger partial charge in [-0.3, -0.25) is 4.98 Å². The van der Waals surface area contributed by atoms with E-state index in [1.165, 1.54) is 12.1 Å². The van der Waals surface area contributed by atoms with E-state index in [0.717, 1.165) is 47.8 Å². The lowest BCUT2D eigenvalue weighted by atomic mass is 9.96. The van der Waals surface area contributed by atoms with Crippen molar-refractivity contribution in [1.82, 2.24) is 20.0 Å². The maximum absolute atomic E-state index is 13.9. The lowest BCUT2D eigenvalue weighted by Crippen LogP contribution is -2.20. The van der Waals surface area contributed by atoms with Gasteiger partial charge >= 0.3 is 0 Å². The molecular weight excluding hydrogens is 477 g/mol. The molecule has 0 unspecified atom stereocenters. The van der Waals surface area contributed by atoms with Gasteiger partial charge in [0.25, 0.3) is 0 Å². The Kier molecular flexibility index (Phi) is 5.72. The third-order valence-corrected chi connectivity index (χ3v) is 7.02. The molecule has 38 heavy (non-hydrogen) atoms. The van der Waals surface area contributed by atoms with E-state index >= 15 is 0 Å². The molecule has 2 aliphatic carbocycles. The molecule has 0 saturated heterocycles. The highest BCUT2D eigenvalue weighted by atomic mass is 19.1. The summed E-state index contributed by atoms with van der Waals surface area (Å²) in [6.07, 6.45) is 7.71. The average molecular weight is 511 g/mol. The lowest BCUT2D eigenvalue weighted by molar-refractivity contribution is 0.443. The van der Waals surface area contributed by atoms with E-state index in [1.54, 1.807) is 18.3 Å². The summed E-state index contributed by atoms with van der Waals surface area (Å²) in [7, 11) is 0. The highest BCUT2D eigenvalue weighted by molar-refractivity contribution is 5.98. The van der Waals surface area contributed by atoms with Crippen LogP contribution in [-0.2, 0) is 0 Å². The van der Waals surface area contributed by atoms with Crippen LogP contribution in [0.15, 0.2) is 48.8 Å². The van der Waals surface area contributed by atoms with Gasteiger partial charge in [-0.2, -0.15) is 5.26 Å². The second-order valence-corrected chi connectivity index (χ2v) is 11.6. The summed E-state index contributed by atoms with van der Waals surface area (Å²) in [6.45, 7) is 7.11. The minimum atomic E-state index is -1.52. The fourth-order valence-electron chi connectivity index (χ4n) is 4.69. The molecule has 2 heterocycles. The molecule has 2 aromatic carbocycles. The summed E-state index contributed by atoms with van der Waals surface area (Å²) < 4.78 is 25.3. The van der Waals surface area contributed by atoms with Crippen LogP contribution in [-0.4, -0.2) is 26.5 Å². The van der Waals surface area contributed by atoms with Crippen LogP contribution in [0.5, 0.6) is 0 Å². The number of halogens is 1. The number of pyridine rings is 1. The predicted molar refractivity (Wildman–Crippen MR) is 147 cm³/mol. The topological polar surface area (TPSA) is 91.5 Å². The van der Waals surface area contributed by atoms with Crippen molar-refractivity contribution in [1.29, 1.82) is 5.26 Å². The first-order valence-electron chi connectivity index (χ1n) is 13.7. The summed E-state index contributed by atoms with van der Waals surface area (Å²) in [5.41, 5.74) is 4.90. The Hall–Kier alpha value is -3.99. The van der Waals surface area contributed by atoms with Crippen LogP contribution in [0.4, 0.5) is 15.8 Å². The van der Waals surface area contributed by atoms with E-state index in [4.69, 9.17) is 4.98 Å². The van der Waals surface area contributed by atoms with Gasteiger partial charge in [-0.25, -0.2) is 9.07 Å². The highest BCUT2D eigenvalue weighted by Crippen LogP contribution is 2.46. The largest absolute Gasteiger partial charge is 0.383 e. The van der Waals surface area contributed by atoms with Crippen LogP contribution in [0.2, 0.25) is 0 Å². The lowest BCUT2D eigenvalue weighted by Gasteiger charge is -2.23. The first-order chi connectivity index (χ1) is 18.6. The molecule has 2 saturated carbocycles. The van der Waals surface area contributed by atoms with Crippen molar-refractivity contribution in [2.75, 3.05) is 17.2 Å². The molecule has 2 N–H and O–H groups in total. The number of anilines is 2. The Morgan fingerprint density at radius 2 is 1.95 bits per heavy atom. The van der Waals surface area contributed by atoms with Gasteiger partial charge in [0.15, 0.2) is 0 Å². The molecular formula is C30H32FN7. The monoisotopic (exact) mass is 510 g/mol. The molecule has 1 atom stereocenters. The van der Waals surface area contributed by atoms with Gasteiger partial charge in [-0.15, -0.1) is 5.10 Å². The second-order valence-electron chi connectivity index (χ2n) is 11.6. The number of hydrogen-bond acceptors (Lipinski definition) is 6. The van der Waals surface area contributed by atoms with Crippen molar-refractivity contribution in [2.24, 2.45) is 5.41 Å². The maximum Gasteiger partial charge on any atom is 0.123 e. The summed E-state index contributed by atoms with van der Waals surface area (Å²) in [6, 6.07) is 11.1. The minimum absolute atomic E-state index is 0.00377. The van der Waals surface area contributed by atoms with E-state index in [9.17, 15) is 11.0 Å². The van der Waals surface area contributed by atoms with E-state index < -0.39 is 6.02 Å². The molecule has 0 aliphatic heterocycles. The quantitative estimate of drug-likeness (QED) is 0.274. The zero-order chi connectivity index (χ0) is 27.4. The van der Waals surface area contributed by atoms with Gasteiger partial charge in [-0.05, 0) is 72.4 Å². The van der Waals surface area contributed by atoms with Crippen molar-refractivity contribution < 1.29 is 5.76 Å². The molecule has 6 rings (SSSR count). The zero-order valence-corrected chi connectivity index (χ0v) is 21.9. The molecule has 0 bridgehead atoms. The van der Waals surface area contributed by atoms with Crippen molar-refractivity contribution in [2.45, 2.75) is 64.4 Å². The summed E-state index contributed by atoms with van der Waals surface area (Å²) in [5.74, 6) is 0.0148. The van der Waals surface area contributed by atoms with Gasteiger partial charge in [0.1, 0.15) is 17.6 Å². The van der Waals surface area contributed by atoms with E-state index in [1.807, 2.05) is 16.9 Å². The minimum Gasteiger partial charge on any atom is -0.383 e. The van der Waals surface area contributed by atoms with Crippen LogP contribution in [0, 0.1) is 22.6 Å². The van der Waals surface area contributed by atoms with Crippen LogP contribution in [0.1, 0.15) is 88.2 Å². The number of rotatable bonds is 8. The van der Waals surface area contributed by atoms with E-state index in [0.29, 0.717) is 41.0 Å². The van der Waals surface area contributed by atoms with Crippen LogP contribution >= 0.6 is 0 Å². The van der Waals surface area contributed by atoms with Crippen molar-refractivity contribution >= 4 is 22.3 Å². The Morgan fingerprint density at radius 1 is 1.18 bits per heavy atom. The number of nitrogens with zero attached hydrogens (tertiary/aromatic N) is 5. The number of nitriles is 1. The molecule has 2 aromatic heterocycles. The fraction of sp³-hybridized carbons (Fsp3) is 0.400. The third kappa shape index (κ3) is 5.06. The molecule has 8 heteroatoms. The normalized spacial score (nSPS) is 17.5. The summed E-state index contributed by atoms with van der Waals surface area (Å²) in [5, 5.41) is 26.4. The fourth-order valence-corrected chi connectivity index (χ4v) is 4.69. The van der Waals surface area contributed by atoms with Gasteiger partial charge in [0.05, 0.1) is 36.4 Å². The molecule has 7 nitrogen and oxygen atoms in total. The smallest absolute Gasteiger partial charge is 0.123 e. The SMILES string of the molecule is [2H][C@](Nc1cc(C2CC2)c2ncc(C#N)c(NCC(C)(C)C)c2c1)(c1ccc(F)cc1)c1cn(C2CC2)nn1. The second kappa shape index (κ2) is 9.39. The Bertz CT molecular complexity index is 1580. The van der Waals surface area contributed by atoms with Crippen molar-refractivity contribution in [3.63, 3.8) is 0 Å². The predicted octanol–water partition coefficient (Wildman–Crippen LogP) is 6.71. The molecule has 2 fully saturated rings. The first-order valence-corrected chi connectivity index (χ1v) is 13.2. The molecule has 0 spiro atoms. The maximum atomic E-state index is 13.9. The zero-order valence-electron chi connectivity index (χ0n) is 22.9. The van der Waals surface area contributed by atoms with Crippen LogP contribution in [0.3, 0.4) is 0 Å². The number of aromatic nitrogens is 4. The van der Waals surface area contributed by atoms with Crippen molar-refractivity contribution in [3.05, 3.63) is 77.0 Å². The third-order valence-electron chi connectivity index (χ3n) is 7.02. The molecule has 2 aliphatic rings. The van der Waals surface area contributed by atoms with Crippen LogP contribution < -0.4 is 10.6 Å². The van der Waals surface area contributed by atoms with E-state index in [2.05, 4.69) is 53.9 Å².